The number of sulfone groups is 1. The highest BCUT2D eigenvalue weighted by Gasteiger charge is 2.44. The van der Waals surface area contributed by atoms with Gasteiger partial charge in [0.15, 0.2) is 6.10 Å². The largest absolute Gasteiger partial charge is 0.479 e. The van der Waals surface area contributed by atoms with Crippen LogP contribution in [0.25, 0.3) is 0 Å². The third-order valence-corrected chi connectivity index (χ3v) is 5.82. The molecule has 0 spiro atoms. The van der Waals surface area contributed by atoms with Gasteiger partial charge in [-0.2, -0.15) is 0 Å². The van der Waals surface area contributed by atoms with Gasteiger partial charge in [0.25, 0.3) is 9.84 Å². The van der Waals surface area contributed by atoms with Crippen molar-refractivity contribution < 1.29 is 32.6 Å². The van der Waals surface area contributed by atoms with Crippen molar-refractivity contribution in [2.75, 3.05) is 0 Å². The van der Waals surface area contributed by atoms with Gasteiger partial charge in [-0.05, 0) is 11.6 Å². The van der Waals surface area contributed by atoms with Crippen LogP contribution in [0.5, 0.6) is 5.75 Å². The van der Waals surface area contributed by atoms with Gasteiger partial charge in [-0.1, -0.05) is 48.5 Å². The summed E-state index contributed by atoms with van der Waals surface area (Å²) < 4.78 is 35.7. The average molecular weight is 376 g/mol. The zero-order valence-electron chi connectivity index (χ0n) is 13.6. The summed E-state index contributed by atoms with van der Waals surface area (Å²) in [6, 6.07) is 14.8. The fourth-order valence-corrected chi connectivity index (χ4v) is 4.15. The van der Waals surface area contributed by atoms with Crippen LogP contribution in [0.3, 0.4) is 0 Å². The van der Waals surface area contributed by atoms with Crippen molar-refractivity contribution in [2.24, 2.45) is 0 Å². The Labute approximate surface area is 150 Å². The van der Waals surface area contributed by atoms with Gasteiger partial charge in [0.05, 0.1) is 0 Å². The summed E-state index contributed by atoms with van der Waals surface area (Å²) in [6.07, 6.45) is -1.72. The number of para-hydroxylation sites is 1. The number of carbonyl (C=O) groups is 2. The highest BCUT2D eigenvalue weighted by molar-refractivity contribution is 8.05. The SMILES string of the molecule is O=C(O)[C@H]1CC(S(=O)(=O)C(=O)OCc2ccccc2)c2ccccc2O1. The minimum Gasteiger partial charge on any atom is -0.479 e. The number of rotatable bonds is 4. The van der Waals surface area contributed by atoms with Crippen LogP contribution in [0.4, 0.5) is 4.79 Å². The van der Waals surface area contributed by atoms with Gasteiger partial charge in [-0.3, -0.25) is 0 Å². The van der Waals surface area contributed by atoms with E-state index in [-0.39, 0.29) is 24.3 Å². The Morgan fingerprint density at radius 1 is 1.08 bits per heavy atom. The number of aliphatic carboxylic acids is 1. The summed E-state index contributed by atoms with van der Waals surface area (Å²) in [7, 11) is -4.42. The molecule has 1 N–H and O–H groups in total. The number of ether oxygens (including phenoxy) is 2. The number of carboxylic acid groups (broad SMARTS) is 1. The Hall–Kier alpha value is -2.87. The van der Waals surface area contributed by atoms with Crippen molar-refractivity contribution >= 4 is 21.1 Å². The fraction of sp³-hybridized carbons (Fsp3) is 0.222. The van der Waals surface area contributed by atoms with Crippen molar-refractivity contribution in [2.45, 2.75) is 24.4 Å². The second-order valence-electron chi connectivity index (χ2n) is 5.78. The first-order valence-corrected chi connectivity index (χ1v) is 9.37. The lowest BCUT2D eigenvalue weighted by Gasteiger charge is -2.29. The molecule has 0 saturated heterocycles. The highest BCUT2D eigenvalue weighted by atomic mass is 32.2. The van der Waals surface area contributed by atoms with E-state index in [4.69, 9.17) is 9.47 Å². The van der Waals surface area contributed by atoms with E-state index in [2.05, 4.69) is 0 Å². The number of hydrogen-bond donors (Lipinski definition) is 1. The average Bonchev–Trinajstić information content (AvgIpc) is 2.65. The van der Waals surface area contributed by atoms with E-state index < -0.39 is 32.5 Å². The van der Waals surface area contributed by atoms with E-state index >= 15 is 0 Å². The predicted molar refractivity (Wildman–Crippen MR) is 91.4 cm³/mol. The molecule has 2 atom stereocenters. The molecule has 1 heterocycles. The number of fused-ring (bicyclic) bond motifs is 1. The first-order valence-electron chi connectivity index (χ1n) is 7.82. The molecular formula is C18H16O7S. The van der Waals surface area contributed by atoms with Gasteiger partial charge in [0, 0.05) is 12.0 Å². The standard InChI is InChI=1S/C18H16O7S/c19-17(20)15-10-16(13-8-4-5-9-14(13)25-15)26(22,23)18(21)24-11-12-6-2-1-3-7-12/h1-9,15-16H,10-11H2,(H,19,20)/t15-,16?/m1/s1. The van der Waals surface area contributed by atoms with E-state index in [1.807, 2.05) is 0 Å². The van der Waals surface area contributed by atoms with Gasteiger partial charge in [-0.25, -0.2) is 18.0 Å². The summed E-state index contributed by atoms with van der Waals surface area (Å²) in [6.45, 7) is -0.188. The monoisotopic (exact) mass is 376 g/mol. The second kappa shape index (κ2) is 7.17. The third kappa shape index (κ3) is 3.55. The van der Waals surface area contributed by atoms with Gasteiger partial charge >= 0.3 is 11.3 Å². The summed E-state index contributed by atoms with van der Waals surface area (Å²) >= 11 is 0. The van der Waals surface area contributed by atoms with Crippen LogP contribution in [-0.4, -0.2) is 30.9 Å². The van der Waals surface area contributed by atoms with Gasteiger partial charge in [0.2, 0.25) is 0 Å². The Morgan fingerprint density at radius 3 is 2.42 bits per heavy atom. The van der Waals surface area contributed by atoms with Gasteiger partial charge in [-0.15, -0.1) is 0 Å². The Balaban J connectivity index is 1.85. The van der Waals surface area contributed by atoms with Crippen molar-refractivity contribution in [1.29, 1.82) is 0 Å². The van der Waals surface area contributed by atoms with E-state index in [9.17, 15) is 23.1 Å². The molecule has 0 aliphatic carbocycles. The minimum absolute atomic E-state index is 0.135. The molecule has 2 aromatic rings. The lowest BCUT2D eigenvalue weighted by molar-refractivity contribution is -0.145. The smallest absolute Gasteiger partial charge is 0.425 e. The molecule has 1 unspecified atom stereocenters. The molecule has 0 amide bonds. The molecule has 1 aliphatic rings. The highest BCUT2D eigenvalue weighted by Crippen LogP contribution is 2.40. The van der Waals surface area contributed by atoms with E-state index in [1.165, 1.54) is 12.1 Å². The van der Waals surface area contributed by atoms with Crippen LogP contribution in [0.15, 0.2) is 54.6 Å². The summed E-state index contributed by atoms with van der Waals surface area (Å²) in [5.41, 5.74) is 0.897. The van der Waals surface area contributed by atoms with Crippen molar-refractivity contribution in [3.8, 4) is 5.75 Å². The fourth-order valence-electron chi connectivity index (χ4n) is 2.74. The lowest BCUT2D eigenvalue weighted by atomic mass is 10.0. The Kier molecular flexibility index (Phi) is 4.94. The summed E-state index contributed by atoms with van der Waals surface area (Å²) in [4.78, 5) is 23.5. The van der Waals surface area contributed by atoms with Crippen LogP contribution in [0, 0.1) is 0 Å². The van der Waals surface area contributed by atoms with Crippen LogP contribution in [-0.2, 0) is 26.0 Å². The molecule has 136 valence electrons. The maximum absolute atomic E-state index is 12.7. The predicted octanol–water partition coefficient (Wildman–Crippen LogP) is 2.72. The minimum atomic E-state index is -4.42. The van der Waals surface area contributed by atoms with E-state index in [1.54, 1.807) is 42.5 Å². The van der Waals surface area contributed by atoms with Gasteiger partial charge < -0.3 is 14.6 Å². The number of carboxylic acids is 1. The van der Waals surface area contributed by atoms with E-state index in [0.29, 0.717) is 5.56 Å². The number of benzene rings is 2. The number of hydrogen-bond acceptors (Lipinski definition) is 6. The quantitative estimate of drug-likeness (QED) is 0.818. The van der Waals surface area contributed by atoms with Crippen LogP contribution in [0.1, 0.15) is 22.8 Å². The Morgan fingerprint density at radius 2 is 1.73 bits per heavy atom. The molecule has 0 bridgehead atoms. The molecule has 0 radical (unpaired) electrons. The lowest BCUT2D eigenvalue weighted by Crippen LogP contribution is -2.37. The van der Waals surface area contributed by atoms with Crippen molar-refractivity contribution in [1.82, 2.24) is 0 Å². The molecule has 0 fully saturated rings. The molecule has 1 aliphatic heterocycles. The van der Waals surface area contributed by atoms with Crippen molar-refractivity contribution in [3.05, 3.63) is 65.7 Å². The van der Waals surface area contributed by atoms with Gasteiger partial charge in [0.1, 0.15) is 17.6 Å². The van der Waals surface area contributed by atoms with Crippen LogP contribution in [0.2, 0.25) is 0 Å². The van der Waals surface area contributed by atoms with Crippen LogP contribution < -0.4 is 4.74 Å². The number of carbonyl (C=O) groups excluding carboxylic acids is 1. The molecule has 2 aromatic carbocycles. The molecular weight excluding hydrogens is 360 g/mol. The zero-order chi connectivity index (χ0) is 18.7. The first kappa shape index (κ1) is 17.9. The third-order valence-electron chi connectivity index (χ3n) is 4.05. The maximum Gasteiger partial charge on any atom is 0.425 e. The molecule has 0 saturated carbocycles. The second-order valence-corrected chi connectivity index (χ2v) is 7.77. The zero-order valence-corrected chi connectivity index (χ0v) is 14.4. The maximum atomic E-state index is 12.7. The molecule has 8 heteroatoms. The van der Waals surface area contributed by atoms with Crippen LogP contribution >= 0.6 is 0 Å². The molecule has 26 heavy (non-hydrogen) atoms. The summed E-state index contributed by atoms with van der Waals surface area (Å²) in [5.74, 6) is -1.16. The molecule has 3 rings (SSSR count). The normalized spacial score (nSPS) is 19.1. The summed E-state index contributed by atoms with van der Waals surface area (Å²) in [5, 5.41) is 6.48. The Bertz CT molecular complexity index is 922. The van der Waals surface area contributed by atoms with Crippen molar-refractivity contribution in [3.63, 3.8) is 0 Å². The van der Waals surface area contributed by atoms with E-state index in [0.717, 1.165) is 0 Å². The topological polar surface area (TPSA) is 107 Å². The first-order chi connectivity index (χ1) is 12.4. The molecule has 0 aromatic heterocycles. The molecule has 7 nitrogen and oxygen atoms in total.